The first-order valence-corrected chi connectivity index (χ1v) is 4.40. The van der Waals surface area contributed by atoms with E-state index in [2.05, 4.69) is 10.1 Å². The fourth-order valence-corrected chi connectivity index (χ4v) is 1.27. The molecule has 0 atom stereocenters. The van der Waals surface area contributed by atoms with Crippen molar-refractivity contribution in [3.63, 3.8) is 0 Å². The average molecular weight is 188 g/mol. The predicted octanol–water partition coefficient (Wildman–Crippen LogP) is 1.47. The van der Waals surface area contributed by atoms with Crippen LogP contribution in [0.15, 0.2) is 24.7 Å². The van der Waals surface area contributed by atoms with E-state index in [9.17, 15) is 0 Å². The first-order chi connectivity index (χ1) is 6.66. The van der Waals surface area contributed by atoms with Crippen molar-refractivity contribution in [3.05, 3.63) is 35.8 Å². The van der Waals surface area contributed by atoms with Gasteiger partial charge in [0.25, 0.3) is 0 Å². The van der Waals surface area contributed by atoms with Crippen LogP contribution in [0.4, 0.5) is 5.82 Å². The molecule has 0 bridgehead atoms. The molecule has 0 fully saturated rings. The Labute approximate surface area is 82.4 Å². The molecule has 0 aromatic carbocycles. The molecule has 0 radical (unpaired) electrons. The van der Waals surface area contributed by atoms with Gasteiger partial charge < -0.3 is 5.73 Å². The van der Waals surface area contributed by atoms with Crippen LogP contribution >= 0.6 is 0 Å². The highest BCUT2D eigenvalue weighted by molar-refractivity contribution is 5.40. The van der Waals surface area contributed by atoms with Crippen molar-refractivity contribution >= 4 is 5.82 Å². The lowest BCUT2D eigenvalue weighted by Gasteiger charge is -2.00. The van der Waals surface area contributed by atoms with E-state index >= 15 is 0 Å². The van der Waals surface area contributed by atoms with Gasteiger partial charge >= 0.3 is 0 Å². The molecule has 0 unspecified atom stereocenters. The zero-order valence-electron chi connectivity index (χ0n) is 8.23. The standard InChI is InChI=1S/C10H12N4/c1-7-3-9(5-12-4-7)14-6-8(2)10(11)13-14/h3-6H,1-2H3,(H2,11,13). The van der Waals surface area contributed by atoms with Gasteiger partial charge in [0.2, 0.25) is 0 Å². The van der Waals surface area contributed by atoms with Gasteiger partial charge in [-0.2, -0.15) is 5.10 Å². The Morgan fingerprint density at radius 2 is 2.07 bits per heavy atom. The van der Waals surface area contributed by atoms with Crippen molar-refractivity contribution in [2.75, 3.05) is 5.73 Å². The van der Waals surface area contributed by atoms with Crippen LogP contribution in [0.2, 0.25) is 0 Å². The predicted molar refractivity (Wildman–Crippen MR) is 55.2 cm³/mol. The van der Waals surface area contributed by atoms with Crippen LogP contribution in [0.3, 0.4) is 0 Å². The van der Waals surface area contributed by atoms with E-state index in [-0.39, 0.29) is 0 Å². The highest BCUT2D eigenvalue weighted by Crippen LogP contribution is 2.12. The SMILES string of the molecule is Cc1cncc(-n2cc(C)c(N)n2)c1. The molecular weight excluding hydrogens is 176 g/mol. The molecule has 2 heterocycles. The van der Waals surface area contributed by atoms with Gasteiger partial charge in [-0.1, -0.05) is 0 Å². The van der Waals surface area contributed by atoms with E-state index in [1.807, 2.05) is 32.3 Å². The number of aryl methyl sites for hydroxylation is 2. The number of nitrogen functional groups attached to an aromatic ring is 1. The second-order valence-electron chi connectivity index (χ2n) is 3.36. The second kappa shape index (κ2) is 3.14. The second-order valence-corrected chi connectivity index (χ2v) is 3.36. The van der Waals surface area contributed by atoms with Gasteiger partial charge in [-0.25, -0.2) is 4.68 Å². The highest BCUT2D eigenvalue weighted by Gasteiger charge is 2.02. The lowest BCUT2D eigenvalue weighted by Crippen LogP contribution is -1.97. The lowest BCUT2D eigenvalue weighted by molar-refractivity contribution is 0.876. The van der Waals surface area contributed by atoms with E-state index in [0.29, 0.717) is 5.82 Å². The molecule has 2 N–H and O–H groups in total. The van der Waals surface area contributed by atoms with Gasteiger partial charge in [-0.3, -0.25) is 4.98 Å². The monoisotopic (exact) mass is 188 g/mol. The highest BCUT2D eigenvalue weighted by atomic mass is 15.3. The van der Waals surface area contributed by atoms with Crippen LogP contribution in [0, 0.1) is 13.8 Å². The molecule has 0 aliphatic rings. The molecule has 0 aliphatic carbocycles. The van der Waals surface area contributed by atoms with Crippen molar-refractivity contribution in [3.8, 4) is 5.69 Å². The minimum atomic E-state index is 0.562. The van der Waals surface area contributed by atoms with Gasteiger partial charge in [0.05, 0.1) is 11.9 Å². The number of nitrogens with zero attached hydrogens (tertiary/aromatic N) is 3. The summed E-state index contributed by atoms with van der Waals surface area (Å²) in [6.45, 7) is 3.93. The number of anilines is 1. The molecule has 0 aliphatic heterocycles. The van der Waals surface area contributed by atoms with E-state index in [0.717, 1.165) is 16.8 Å². The van der Waals surface area contributed by atoms with Crippen LogP contribution in [-0.4, -0.2) is 14.8 Å². The van der Waals surface area contributed by atoms with Crippen LogP contribution in [-0.2, 0) is 0 Å². The minimum absolute atomic E-state index is 0.562. The normalized spacial score (nSPS) is 10.4. The fourth-order valence-electron chi connectivity index (χ4n) is 1.27. The first kappa shape index (κ1) is 8.74. The topological polar surface area (TPSA) is 56.7 Å². The maximum Gasteiger partial charge on any atom is 0.148 e. The Balaban J connectivity index is 2.49. The Morgan fingerprint density at radius 3 is 2.64 bits per heavy atom. The van der Waals surface area contributed by atoms with E-state index in [1.165, 1.54) is 0 Å². The molecule has 0 spiro atoms. The van der Waals surface area contributed by atoms with Crippen molar-refractivity contribution < 1.29 is 0 Å². The van der Waals surface area contributed by atoms with Crippen molar-refractivity contribution in [2.24, 2.45) is 0 Å². The maximum atomic E-state index is 5.66. The van der Waals surface area contributed by atoms with Crippen LogP contribution in [0.1, 0.15) is 11.1 Å². The third-order valence-corrected chi connectivity index (χ3v) is 2.06. The minimum Gasteiger partial charge on any atom is -0.382 e. The first-order valence-electron chi connectivity index (χ1n) is 4.40. The summed E-state index contributed by atoms with van der Waals surface area (Å²) < 4.78 is 1.74. The van der Waals surface area contributed by atoms with Gasteiger partial charge in [0.15, 0.2) is 0 Å². The quantitative estimate of drug-likeness (QED) is 0.737. The lowest BCUT2D eigenvalue weighted by atomic mass is 10.3. The number of nitrogens with two attached hydrogens (primary N) is 1. The van der Waals surface area contributed by atoms with Gasteiger partial charge in [-0.05, 0) is 25.5 Å². The molecule has 14 heavy (non-hydrogen) atoms. The summed E-state index contributed by atoms with van der Waals surface area (Å²) in [6.07, 6.45) is 5.47. The Hall–Kier alpha value is -1.84. The van der Waals surface area contributed by atoms with Gasteiger partial charge in [0.1, 0.15) is 5.82 Å². The summed E-state index contributed by atoms with van der Waals surface area (Å²) in [5.41, 5.74) is 8.68. The van der Waals surface area contributed by atoms with E-state index < -0.39 is 0 Å². The van der Waals surface area contributed by atoms with Crippen LogP contribution in [0.25, 0.3) is 5.69 Å². The maximum absolute atomic E-state index is 5.66. The summed E-state index contributed by atoms with van der Waals surface area (Å²) in [5, 5.41) is 4.18. The zero-order valence-corrected chi connectivity index (χ0v) is 8.23. The van der Waals surface area contributed by atoms with Crippen LogP contribution < -0.4 is 5.73 Å². The average Bonchev–Trinajstić information content (AvgIpc) is 2.47. The Morgan fingerprint density at radius 1 is 1.29 bits per heavy atom. The van der Waals surface area contributed by atoms with Gasteiger partial charge in [-0.15, -0.1) is 0 Å². The molecule has 0 saturated heterocycles. The zero-order chi connectivity index (χ0) is 10.1. The number of pyridine rings is 1. The molecule has 4 nitrogen and oxygen atoms in total. The summed E-state index contributed by atoms with van der Waals surface area (Å²) in [4.78, 5) is 4.10. The van der Waals surface area contributed by atoms with Crippen molar-refractivity contribution in [1.29, 1.82) is 0 Å². The van der Waals surface area contributed by atoms with Crippen LogP contribution in [0.5, 0.6) is 0 Å². The van der Waals surface area contributed by atoms with E-state index in [1.54, 1.807) is 10.9 Å². The number of rotatable bonds is 1. The molecule has 4 heteroatoms. The molecule has 2 rings (SSSR count). The van der Waals surface area contributed by atoms with Crippen molar-refractivity contribution in [1.82, 2.24) is 14.8 Å². The largest absolute Gasteiger partial charge is 0.382 e. The number of aromatic nitrogens is 3. The molecular formula is C10H12N4. The molecule has 2 aromatic heterocycles. The van der Waals surface area contributed by atoms with Gasteiger partial charge in [0, 0.05) is 18.0 Å². The summed E-state index contributed by atoms with van der Waals surface area (Å²) in [5.74, 6) is 0.562. The molecule has 0 saturated carbocycles. The molecule has 0 amide bonds. The smallest absolute Gasteiger partial charge is 0.148 e. The molecule has 72 valence electrons. The summed E-state index contributed by atoms with van der Waals surface area (Å²) >= 11 is 0. The number of hydrogen-bond donors (Lipinski definition) is 1. The Bertz CT molecular complexity index is 439. The Kier molecular flexibility index (Phi) is 1.96. The summed E-state index contributed by atoms with van der Waals surface area (Å²) in [6, 6.07) is 2.01. The van der Waals surface area contributed by atoms with Crippen molar-refractivity contribution in [2.45, 2.75) is 13.8 Å². The third-order valence-electron chi connectivity index (χ3n) is 2.06. The molecule has 2 aromatic rings. The number of hydrogen-bond acceptors (Lipinski definition) is 3. The van der Waals surface area contributed by atoms with E-state index in [4.69, 9.17) is 5.73 Å². The summed E-state index contributed by atoms with van der Waals surface area (Å²) in [7, 11) is 0. The fraction of sp³-hybridized carbons (Fsp3) is 0.200. The third kappa shape index (κ3) is 1.46.